The minimum Gasteiger partial charge on any atom is -0.350 e. The molecule has 7 nitrogen and oxygen atoms in total. The zero-order chi connectivity index (χ0) is 52.6. The molecule has 2 aliphatic rings. The summed E-state index contributed by atoms with van der Waals surface area (Å²) in [6, 6.07) is 62.5. The molecule has 4 aromatic heterocycles. The van der Waals surface area contributed by atoms with E-state index in [2.05, 4.69) is 188 Å². The molecule has 0 radical (unpaired) electrons. The number of piperidine rings is 2. The van der Waals surface area contributed by atoms with E-state index in [1.165, 1.54) is 23.2 Å². The fraction of sp³-hybridized carbons (Fsp3) is 0.232. The van der Waals surface area contributed by atoms with Gasteiger partial charge in [0.15, 0.2) is 5.78 Å². The summed E-state index contributed by atoms with van der Waals surface area (Å²) < 4.78 is 38.1. The molecule has 0 saturated carbocycles. The number of fused-ring (bicyclic) bond motifs is 8. The molecule has 8 aromatic carbocycles. The van der Waals surface area contributed by atoms with Crippen LogP contribution in [-0.2, 0) is 32.0 Å². The van der Waals surface area contributed by atoms with Crippen LogP contribution in [0.25, 0.3) is 65.4 Å². The molecule has 6 heterocycles. The summed E-state index contributed by atoms with van der Waals surface area (Å²) in [6.07, 6.45) is 8.24. The van der Waals surface area contributed by atoms with Crippen molar-refractivity contribution in [2.45, 2.75) is 62.7 Å². The van der Waals surface area contributed by atoms with Gasteiger partial charge in [0.2, 0.25) is 0 Å². The lowest BCUT2D eigenvalue weighted by Gasteiger charge is -2.33. The van der Waals surface area contributed by atoms with E-state index >= 15 is 4.79 Å². The maximum absolute atomic E-state index is 17.5. The molecule has 0 spiro atoms. The Balaban J connectivity index is 0.940. The summed E-state index contributed by atoms with van der Waals surface area (Å²) in [7, 11) is 4.20. The smallest absolute Gasteiger partial charge is 0.156 e. The molecule has 2 unspecified atom stereocenters. The molecule has 14 rings (SSSR count). The molecule has 2 aliphatic heterocycles. The van der Waals surface area contributed by atoms with E-state index in [0.29, 0.717) is 0 Å². The van der Waals surface area contributed by atoms with Gasteiger partial charge in [0.1, 0.15) is 11.6 Å². The Kier molecular flexibility index (Phi) is 12.2. The normalized spacial score (nSPS) is 16.2. The van der Waals surface area contributed by atoms with Crippen LogP contribution in [0, 0.1) is 11.6 Å². The molecule has 0 N–H and O–H groups in total. The van der Waals surface area contributed by atoms with E-state index in [4.69, 9.17) is 0 Å². The Bertz CT molecular complexity index is 3980. The number of Topliss-reactive ketones (excluding diaryl/α,β-unsaturated/α-hetero) is 1. The first-order chi connectivity index (χ1) is 38.3. The van der Waals surface area contributed by atoms with Crippen molar-refractivity contribution >= 4 is 71.2 Å². The highest BCUT2D eigenvalue weighted by Crippen LogP contribution is 2.49. The third-order valence-corrected chi connectivity index (χ3v) is 17.6. The minimum atomic E-state index is -0.665. The highest BCUT2D eigenvalue weighted by molar-refractivity contribution is 6.16. The SMILES string of the molecule is Cn1cc(C(C(=O)C(c2cn(C)c3ccccc23)c2cccc3c2c2ccccc2n3C2CCN(Cc3cccc(F)c3)CC2)c2cccc3c2c2ccccc2n3C2CCN(Cc3cccc(F)c3)CC2)c2ccccc21. The third kappa shape index (κ3) is 8.25. The number of hydrogen-bond donors (Lipinski definition) is 0. The number of halogens is 2. The van der Waals surface area contributed by atoms with E-state index < -0.39 is 11.8 Å². The number of aryl methyl sites for hydroxylation is 2. The number of benzene rings is 8. The molecule has 0 aliphatic carbocycles. The number of aromatic nitrogens is 4. The summed E-state index contributed by atoms with van der Waals surface area (Å²) in [5.41, 5.74) is 12.8. The zero-order valence-corrected chi connectivity index (χ0v) is 44.2. The second-order valence-corrected chi connectivity index (χ2v) is 22.2. The van der Waals surface area contributed by atoms with Crippen LogP contribution in [0.1, 0.15) is 83.0 Å². The minimum absolute atomic E-state index is 0.132. The first-order valence-electron chi connectivity index (χ1n) is 27.8. The molecule has 2 fully saturated rings. The van der Waals surface area contributed by atoms with Crippen molar-refractivity contribution in [1.29, 1.82) is 0 Å². The predicted molar refractivity (Wildman–Crippen MR) is 313 cm³/mol. The number of carbonyl (C=O) groups is 1. The molecular formula is C69H62F2N6O. The number of hydrogen-bond acceptors (Lipinski definition) is 3. The van der Waals surface area contributed by atoms with Crippen molar-refractivity contribution in [3.8, 4) is 0 Å². The van der Waals surface area contributed by atoms with Gasteiger partial charge in [0.25, 0.3) is 0 Å². The van der Waals surface area contributed by atoms with Gasteiger partial charge in [-0.3, -0.25) is 14.6 Å². The van der Waals surface area contributed by atoms with E-state index in [1.807, 2.05) is 12.1 Å². The van der Waals surface area contributed by atoms with Crippen LogP contribution in [0.2, 0.25) is 0 Å². The van der Waals surface area contributed by atoms with Crippen molar-refractivity contribution in [2.75, 3.05) is 26.2 Å². The monoisotopic (exact) mass is 1030 g/mol. The van der Waals surface area contributed by atoms with Gasteiger partial charge in [-0.15, -0.1) is 0 Å². The van der Waals surface area contributed by atoms with Crippen LogP contribution in [0.15, 0.2) is 194 Å². The quantitative estimate of drug-likeness (QED) is 0.122. The molecule has 78 heavy (non-hydrogen) atoms. The van der Waals surface area contributed by atoms with Crippen molar-refractivity contribution < 1.29 is 13.6 Å². The summed E-state index contributed by atoms with van der Waals surface area (Å²) in [5.74, 6) is -1.59. The fourth-order valence-electron chi connectivity index (χ4n) is 14.2. The van der Waals surface area contributed by atoms with Crippen molar-refractivity contribution in [2.24, 2.45) is 14.1 Å². The molecule has 388 valence electrons. The zero-order valence-electron chi connectivity index (χ0n) is 44.2. The summed E-state index contributed by atoms with van der Waals surface area (Å²) >= 11 is 0. The van der Waals surface area contributed by atoms with Gasteiger partial charge in [-0.25, -0.2) is 8.78 Å². The molecule has 12 aromatic rings. The lowest BCUT2D eigenvalue weighted by atomic mass is 9.75. The van der Waals surface area contributed by atoms with Gasteiger partial charge in [0, 0.05) is 143 Å². The standard InChI is InChI=1S/C69H62F2N6O/c1-72-43-57(51-19-3-7-25-59(51)72)67(55-23-13-29-63-65(55)53-21-5-9-27-61(53)76(63)49-31-35-74(36-32-49)41-45-15-11-17-47(70)39-45)69(78)68(58-44-73(2)60-26-8-4-20-52(58)60)56-24-14-30-64-66(56)54-22-6-10-28-62(54)77(64)50-33-37-75(38-34-50)42-46-16-12-18-48(71)40-46/h3-30,39-40,43-44,49-50,67-68H,31-38,41-42H2,1-2H3. The Morgan fingerprint density at radius 1 is 0.423 bits per heavy atom. The number of para-hydroxylation sites is 4. The van der Waals surface area contributed by atoms with Gasteiger partial charge in [-0.2, -0.15) is 0 Å². The van der Waals surface area contributed by atoms with Crippen LogP contribution in [0.3, 0.4) is 0 Å². The molecule has 0 amide bonds. The second-order valence-electron chi connectivity index (χ2n) is 22.2. The van der Waals surface area contributed by atoms with Crippen LogP contribution >= 0.6 is 0 Å². The molecule has 2 atom stereocenters. The summed E-state index contributed by atoms with van der Waals surface area (Å²) in [6.45, 7) is 5.04. The number of ketones is 1. The summed E-state index contributed by atoms with van der Waals surface area (Å²) in [4.78, 5) is 22.4. The maximum atomic E-state index is 17.5. The van der Waals surface area contributed by atoms with E-state index in [9.17, 15) is 8.78 Å². The molecule has 2 saturated heterocycles. The van der Waals surface area contributed by atoms with E-state index in [0.717, 1.165) is 153 Å². The Hall–Kier alpha value is -8.11. The Morgan fingerprint density at radius 2 is 0.782 bits per heavy atom. The number of likely N-dealkylation sites (tertiary alicyclic amines) is 2. The first-order valence-corrected chi connectivity index (χ1v) is 27.8. The molecular weight excluding hydrogens is 967 g/mol. The van der Waals surface area contributed by atoms with E-state index in [1.54, 1.807) is 24.3 Å². The van der Waals surface area contributed by atoms with Gasteiger partial charge in [0.05, 0.1) is 11.8 Å². The van der Waals surface area contributed by atoms with Gasteiger partial charge in [-0.1, -0.05) is 121 Å². The number of rotatable bonds is 12. The maximum Gasteiger partial charge on any atom is 0.156 e. The van der Waals surface area contributed by atoms with Crippen LogP contribution in [0.4, 0.5) is 8.78 Å². The van der Waals surface area contributed by atoms with Gasteiger partial charge in [-0.05, 0) is 120 Å². The molecule has 9 heteroatoms. The third-order valence-electron chi connectivity index (χ3n) is 17.6. The fourth-order valence-corrected chi connectivity index (χ4v) is 14.2. The van der Waals surface area contributed by atoms with Crippen molar-refractivity contribution in [1.82, 2.24) is 28.1 Å². The lowest BCUT2D eigenvalue weighted by molar-refractivity contribution is -0.120. The Morgan fingerprint density at radius 3 is 1.19 bits per heavy atom. The Labute approximate surface area is 453 Å². The van der Waals surface area contributed by atoms with Gasteiger partial charge < -0.3 is 18.3 Å². The second kappa shape index (κ2) is 19.7. The lowest BCUT2D eigenvalue weighted by Crippen LogP contribution is -2.34. The largest absolute Gasteiger partial charge is 0.350 e. The average molecular weight is 1030 g/mol. The van der Waals surface area contributed by atoms with Crippen LogP contribution in [-0.4, -0.2) is 60.0 Å². The predicted octanol–water partition coefficient (Wildman–Crippen LogP) is 15.4. The highest BCUT2D eigenvalue weighted by Gasteiger charge is 2.39. The topological polar surface area (TPSA) is 43.3 Å². The van der Waals surface area contributed by atoms with Gasteiger partial charge >= 0.3 is 0 Å². The van der Waals surface area contributed by atoms with Crippen molar-refractivity contribution in [3.05, 3.63) is 239 Å². The average Bonchev–Trinajstić information content (AvgIpc) is 4.23. The highest BCUT2D eigenvalue weighted by atomic mass is 19.1. The number of carbonyl (C=O) groups excluding carboxylic acids is 1. The van der Waals surface area contributed by atoms with Crippen molar-refractivity contribution in [3.63, 3.8) is 0 Å². The van der Waals surface area contributed by atoms with E-state index in [-0.39, 0.29) is 29.5 Å². The molecule has 0 bridgehead atoms. The number of nitrogens with zero attached hydrogens (tertiary/aromatic N) is 6. The first kappa shape index (κ1) is 48.3. The van der Waals surface area contributed by atoms with Crippen LogP contribution < -0.4 is 0 Å². The van der Waals surface area contributed by atoms with Crippen LogP contribution in [0.5, 0.6) is 0 Å². The summed E-state index contributed by atoms with van der Waals surface area (Å²) in [5, 5.41) is 6.68.